The van der Waals surface area contributed by atoms with Gasteiger partial charge in [0, 0.05) is 29.1 Å². The summed E-state index contributed by atoms with van der Waals surface area (Å²) in [7, 11) is 0. The normalized spacial score (nSPS) is 14.7. The smallest absolute Gasteiger partial charge is 0.0405 e. The first-order valence-electron chi connectivity index (χ1n) is 6.81. The van der Waals surface area contributed by atoms with Gasteiger partial charge < -0.3 is 4.90 Å². The molecule has 0 spiro atoms. The summed E-state index contributed by atoms with van der Waals surface area (Å²) in [5, 5.41) is 2.73. The van der Waals surface area contributed by atoms with Crippen LogP contribution in [-0.2, 0) is 6.42 Å². The maximum Gasteiger partial charge on any atom is 0.0405 e. The molecule has 0 radical (unpaired) electrons. The molecule has 3 heteroatoms. The van der Waals surface area contributed by atoms with E-state index in [-0.39, 0.29) is 0 Å². The molecule has 0 aromatic heterocycles. The molecule has 3 rings (SSSR count). The lowest BCUT2D eigenvalue weighted by Gasteiger charge is -2.32. The minimum absolute atomic E-state index is 0.742. The Bertz CT molecular complexity index is 597. The van der Waals surface area contributed by atoms with Gasteiger partial charge in [0.2, 0.25) is 0 Å². The monoisotopic (exact) mass is 337 g/mol. The molecule has 0 bridgehead atoms. The van der Waals surface area contributed by atoms with Crippen LogP contribution in [0, 0.1) is 0 Å². The SMILES string of the molecule is ClCCCN1CCCc2c1ccc1cc(Br)ccc21. The number of halogens is 2. The number of hydrogen-bond acceptors (Lipinski definition) is 1. The number of alkyl halides is 1. The first kappa shape index (κ1) is 13.3. The maximum absolute atomic E-state index is 5.83. The molecule has 2 aromatic rings. The zero-order valence-electron chi connectivity index (χ0n) is 10.8. The Morgan fingerprint density at radius 2 is 2.11 bits per heavy atom. The number of rotatable bonds is 3. The van der Waals surface area contributed by atoms with Crippen molar-refractivity contribution in [3.8, 4) is 0 Å². The van der Waals surface area contributed by atoms with E-state index in [1.165, 1.54) is 34.9 Å². The van der Waals surface area contributed by atoms with Gasteiger partial charge >= 0.3 is 0 Å². The molecule has 100 valence electrons. The molecule has 1 aliphatic heterocycles. The molecule has 0 saturated carbocycles. The van der Waals surface area contributed by atoms with Gasteiger partial charge in [-0.05, 0) is 53.8 Å². The van der Waals surface area contributed by atoms with E-state index < -0.39 is 0 Å². The Hall–Kier alpha value is -0.730. The largest absolute Gasteiger partial charge is 0.371 e. The number of anilines is 1. The van der Waals surface area contributed by atoms with Crippen LogP contribution in [0.5, 0.6) is 0 Å². The van der Waals surface area contributed by atoms with Gasteiger partial charge in [-0.25, -0.2) is 0 Å². The van der Waals surface area contributed by atoms with E-state index in [0.717, 1.165) is 29.9 Å². The molecule has 0 amide bonds. The highest BCUT2D eigenvalue weighted by Crippen LogP contribution is 2.34. The van der Waals surface area contributed by atoms with Crippen molar-refractivity contribution in [3.05, 3.63) is 40.4 Å². The summed E-state index contributed by atoms with van der Waals surface area (Å²) in [6.07, 6.45) is 3.48. The molecule has 0 saturated heterocycles. The Balaban J connectivity index is 2.06. The van der Waals surface area contributed by atoms with Gasteiger partial charge in [-0.2, -0.15) is 0 Å². The summed E-state index contributed by atoms with van der Waals surface area (Å²) < 4.78 is 1.15. The van der Waals surface area contributed by atoms with Crippen molar-refractivity contribution in [3.63, 3.8) is 0 Å². The standard InChI is InChI=1S/C16H17BrClN/c17-13-5-6-14-12(11-13)4-7-16-15(14)3-1-9-19(16)10-2-8-18/h4-7,11H,1-3,8-10H2. The molecule has 0 atom stereocenters. The van der Waals surface area contributed by atoms with Gasteiger partial charge in [-0.15, -0.1) is 11.6 Å². The summed E-state index contributed by atoms with van der Waals surface area (Å²) in [5.41, 5.74) is 2.91. The molecule has 1 heterocycles. The summed E-state index contributed by atoms with van der Waals surface area (Å²) in [5.74, 6) is 0.742. The first-order chi connectivity index (χ1) is 9.29. The van der Waals surface area contributed by atoms with Crippen molar-refractivity contribution in [1.29, 1.82) is 0 Å². The van der Waals surface area contributed by atoms with Crippen LogP contribution in [0.4, 0.5) is 5.69 Å². The minimum atomic E-state index is 0.742. The number of benzene rings is 2. The number of hydrogen-bond donors (Lipinski definition) is 0. The Morgan fingerprint density at radius 1 is 1.21 bits per heavy atom. The number of nitrogens with zero attached hydrogens (tertiary/aromatic N) is 1. The summed E-state index contributed by atoms with van der Waals surface area (Å²) in [4.78, 5) is 2.49. The zero-order chi connectivity index (χ0) is 13.2. The van der Waals surface area contributed by atoms with Gasteiger partial charge in [0.15, 0.2) is 0 Å². The highest BCUT2D eigenvalue weighted by molar-refractivity contribution is 9.10. The number of fused-ring (bicyclic) bond motifs is 3. The first-order valence-corrected chi connectivity index (χ1v) is 8.14. The Morgan fingerprint density at radius 3 is 2.95 bits per heavy atom. The van der Waals surface area contributed by atoms with E-state index in [0.29, 0.717) is 0 Å². The van der Waals surface area contributed by atoms with Crippen LogP contribution < -0.4 is 4.90 Å². The average Bonchev–Trinajstić information content (AvgIpc) is 2.44. The van der Waals surface area contributed by atoms with Gasteiger partial charge in [0.1, 0.15) is 0 Å². The van der Waals surface area contributed by atoms with Crippen molar-refractivity contribution in [2.45, 2.75) is 19.3 Å². The second kappa shape index (κ2) is 5.72. The molecule has 1 aliphatic rings. The van der Waals surface area contributed by atoms with Crippen molar-refractivity contribution in [1.82, 2.24) is 0 Å². The van der Waals surface area contributed by atoms with Gasteiger partial charge in [-0.3, -0.25) is 0 Å². The third kappa shape index (κ3) is 2.61. The lowest BCUT2D eigenvalue weighted by Crippen LogP contribution is -2.30. The van der Waals surface area contributed by atoms with Crippen molar-refractivity contribution in [2.24, 2.45) is 0 Å². The Labute approximate surface area is 127 Å². The molecule has 0 unspecified atom stereocenters. The van der Waals surface area contributed by atoms with E-state index in [9.17, 15) is 0 Å². The van der Waals surface area contributed by atoms with Crippen LogP contribution in [0.15, 0.2) is 34.8 Å². The second-order valence-corrected chi connectivity index (χ2v) is 6.36. The van der Waals surface area contributed by atoms with Gasteiger partial charge in [0.25, 0.3) is 0 Å². The summed E-state index contributed by atoms with van der Waals surface area (Å²) in [6.45, 7) is 2.23. The van der Waals surface area contributed by atoms with Crippen LogP contribution in [0.25, 0.3) is 10.8 Å². The summed E-state index contributed by atoms with van der Waals surface area (Å²) >= 11 is 9.38. The van der Waals surface area contributed by atoms with Crippen molar-refractivity contribution < 1.29 is 0 Å². The van der Waals surface area contributed by atoms with E-state index >= 15 is 0 Å². The molecule has 0 fully saturated rings. The third-order valence-electron chi connectivity index (χ3n) is 3.83. The fourth-order valence-electron chi connectivity index (χ4n) is 2.96. The lowest BCUT2D eigenvalue weighted by molar-refractivity contribution is 0.685. The van der Waals surface area contributed by atoms with Crippen LogP contribution in [0.2, 0.25) is 0 Å². The van der Waals surface area contributed by atoms with Gasteiger partial charge in [0.05, 0.1) is 0 Å². The topological polar surface area (TPSA) is 3.24 Å². The lowest BCUT2D eigenvalue weighted by atomic mass is 9.95. The van der Waals surface area contributed by atoms with E-state index in [4.69, 9.17) is 11.6 Å². The van der Waals surface area contributed by atoms with Gasteiger partial charge in [-0.1, -0.05) is 28.1 Å². The predicted molar refractivity (Wildman–Crippen MR) is 87.5 cm³/mol. The van der Waals surface area contributed by atoms with Crippen LogP contribution in [0.3, 0.4) is 0 Å². The highest BCUT2D eigenvalue weighted by Gasteiger charge is 2.18. The molecular formula is C16H17BrClN. The minimum Gasteiger partial charge on any atom is -0.371 e. The second-order valence-electron chi connectivity index (χ2n) is 5.06. The molecule has 0 aliphatic carbocycles. The van der Waals surface area contributed by atoms with E-state index in [2.05, 4.69) is 51.2 Å². The molecule has 19 heavy (non-hydrogen) atoms. The average molecular weight is 339 g/mol. The van der Waals surface area contributed by atoms with E-state index in [1.54, 1.807) is 0 Å². The molecule has 2 aromatic carbocycles. The third-order valence-corrected chi connectivity index (χ3v) is 4.59. The van der Waals surface area contributed by atoms with Crippen LogP contribution in [0.1, 0.15) is 18.4 Å². The molecule has 1 nitrogen and oxygen atoms in total. The Kier molecular flexibility index (Phi) is 3.99. The summed E-state index contributed by atoms with van der Waals surface area (Å²) in [6, 6.07) is 11.1. The number of aryl methyl sites for hydroxylation is 1. The highest BCUT2D eigenvalue weighted by atomic mass is 79.9. The quantitative estimate of drug-likeness (QED) is 0.713. The fourth-order valence-corrected chi connectivity index (χ4v) is 3.46. The fraction of sp³-hybridized carbons (Fsp3) is 0.375. The molecular weight excluding hydrogens is 322 g/mol. The van der Waals surface area contributed by atoms with Crippen molar-refractivity contribution in [2.75, 3.05) is 23.9 Å². The molecule has 0 N–H and O–H groups in total. The van der Waals surface area contributed by atoms with E-state index in [1.807, 2.05) is 0 Å². The maximum atomic E-state index is 5.83. The van der Waals surface area contributed by atoms with Crippen molar-refractivity contribution >= 4 is 44.0 Å². The van der Waals surface area contributed by atoms with Crippen LogP contribution >= 0.6 is 27.5 Å². The zero-order valence-corrected chi connectivity index (χ0v) is 13.2. The van der Waals surface area contributed by atoms with Crippen LogP contribution in [-0.4, -0.2) is 19.0 Å². The predicted octanol–water partition coefficient (Wildman–Crippen LogP) is 4.98.